The van der Waals surface area contributed by atoms with Crippen molar-refractivity contribution in [2.45, 2.75) is 19.4 Å². The van der Waals surface area contributed by atoms with Gasteiger partial charge in [-0.25, -0.2) is 9.49 Å². The SMILES string of the molecule is O=C(Cc1ccc(O)cc1)NCCCn1c(=O)c2cc(F)ccc2n2c(=S)[nH]nc12. The number of phenols is 1. The molecule has 4 aromatic rings. The molecule has 2 aromatic heterocycles. The van der Waals surface area contributed by atoms with E-state index in [0.29, 0.717) is 29.0 Å². The average Bonchev–Trinajstić information content (AvgIpc) is 3.10. The van der Waals surface area contributed by atoms with E-state index in [2.05, 4.69) is 15.5 Å². The molecule has 2 aromatic carbocycles. The van der Waals surface area contributed by atoms with E-state index < -0.39 is 5.82 Å². The Morgan fingerprint density at radius 3 is 2.77 bits per heavy atom. The molecule has 3 N–H and O–H groups in total. The molecule has 8 nitrogen and oxygen atoms in total. The fourth-order valence-corrected chi connectivity index (χ4v) is 3.55. The summed E-state index contributed by atoms with van der Waals surface area (Å²) in [5.74, 6) is -0.202. The van der Waals surface area contributed by atoms with Crippen molar-refractivity contribution in [3.05, 3.63) is 69.0 Å². The number of hydrogen-bond donors (Lipinski definition) is 3. The maximum Gasteiger partial charge on any atom is 0.262 e. The number of amides is 1. The van der Waals surface area contributed by atoms with Crippen LogP contribution in [0, 0.1) is 10.6 Å². The predicted octanol–water partition coefficient (Wildman–Crippen LogP) is 2.30. The second-order valence-corrected chi connectivity index (χ2v) is 7.22. The van der Waals surface area contributed by atoms with Gasteiger partial charge in [-0.15, -0.1) is 5.10 Å². The van der Waals surface area contributed by atoms with Gasteiger partial charge in [0.1, 0.15) is 11.6 Å². The molecule has 10 heteroatoms. The molecule has 0 fully saturated rings. The van der Waals surface area contributed by atoms with Gasteiger partial charge in [0.2, 0.25) is 16.5 Å². The minimum Gasteiger partial charge on any atom is -0.508 e. The lowest BCUT2D eigenvalue weighted by molar-refractivity contribution is -0.120. The lowest BCUT2D eigenvalue weighted by Crippen LogP contribution is -2.29. The van der Waals surface area contributed by atoms with Crippen LogP contribution in [-0.4, -0.2) is 36.7 Å². The molecule has 2 heterocycles. The summed E-state index contributed by atoms with van der Waals surface area (Å²) in [6.45, 7) is 0.621. The maximum atomic E-state index is 13.7. The van der Waals surface area contributed by atoms with Crippen LogP contribution >= 0.6 is 12.2 Å². The van der Waals surface area contributed by atoms with E-state index >= 15 is 0 Å². The number of aromatic nitrogens is 4. The normalized spacial score (nSPS) is 11.2. The number of rotatable bonds is 6. The number of benzene rings is 2. The van der Waals surface area contributed by atoms with Gasteiger partial charge in [-0.05, 0) is 54.5 Å². The van der Waals surface area contributed by atoms with Crippen LogP contribution in [0.4, 0.5) is 4.39 Å². The van der Waals surface area contributed by atoms with E-state index in [0.717, 1.165) is 5.56 Å². The highest BCUT2D eigenvalue weighted by Crippen LogP contribution is 2.15. The first kappa shape index (κ1) is 19.8. The van der Waals surface area contributed by atoms with Crippen molar-refractivity contribution in [3.8, 4) is 5.75 Å². The summed E-state index contributed by atoms with van der Waals surface area (Å²) >= 11 is 5.25. The molecule has 0 saturated heterocycles. The molecule has 0 unspecified atom stereocenters. The number of nitrogens with zero attached hydrogens (tertiary/aromatic N) is 3. The Morgan fingerprint density at radius 1 is 1.23 bits per heavy atom. The van der Waals surface area contributed by atoms with E-state index in [1.165, 1.54) is 34.9 Å². The van der Waals surface area contributed by atoms with E-state index in [-0.39, 0.29) is 35.6 Å². The van der Waals surface area contributed by atoms with E-state index in [9.17, 15) is 19.1 Å². The third kappa shape index (κ3) is 3.81. The lowest BCUT2D eigenvalue weighted by atomic mass is 10.1. The zero-order valence-electron chi connectivity index (χ0n) is 15.8. The molecule has 0 aliphatic rings. The van der Waals surface area contributed by atoms with Gasteiger partial charge in [-0.2, -0.15) is 0 Å². The van der Waals surface area contributed by atoms with Crippen LogP contribution in [0.25, 0.3) is 16.7 Å². The van der Waals surface area contributed by atoms with Crippen LogP contribution in [-0.2, 0) is 17.8 Å². The van der Waals surface area contributed by atoms with Crippen molar-refractivity contribution < 1.29 is 14.3 Å². The smallest absolute Gasteiger partial charge is 0.262 e. The number of carbonyl (C=O) groups excluding carboxylic acids is 1. The van der Waals surface area contributed by atoms with E-state index in [4.69, 9.17) is 12.2 Å². The molecule has 0 saturated carbocycles. The third-order valence-electron chi connectivity index (χ3n) is 4.75. The quantitative estimate of drug-likeness (QED) is 0.324. The number of fused-ring (bicyclic) bond motifs is 3. The van der Waals surface area contributed by atoms with Gasteiger partial charge in [0.05, 0.1) is 17.3 Å². The van der Waals surface area contributed by atoms with Gasteiger partial charge in [-0.3, -0.25) is 18.6 Å². The van der Waals surface area contributed by atoms with Crippen molar-refractivity contribution in [1.29, 1.82) is 0 Å². The Balaban J connectivity index is 1.49. The maximum absolute atomic E-state index is 13.7. The van der Waals surface area contributed by atoms with Crippen LogP contribution < -0.4 is 10.9 Å². The van der Waals surface area contributed by atoms with Gasteiger partial charge in [-0.1, -0.05) is 12.1 Å². The first-order valence-corrected chi connectivity index (χ1v) is 9.68. The average molecular weight is 427 g/mol. The van der Waals surface area contributed by atoms with Crippen LogP contribution in [0.5, 0.6) is 5.75 Å². The number of phenolic OH excluding ortho intramolecular Hbond substituents is 1. The Bertz CT molecular complexity index is 1360. The zero-order valence-corrected chi connectivity index (χ0v) is 16.6. The van der Waals surface area contributed by atoms with Gasteiger partial charge in [0.25, 0.3) is 5.56 Å². The molecule has 1 amide bonds. The zero-order chi connectivity index (χ0) is 21.3. The summed E-state index contributed by atoms with van der Waals surface area (Å²) in [5, 5.41) is 19.1. The first-order valence-electron chi connectivity index (χ1n) is 9.28. The van der Waals surface area contributed by atoms with Gasteiger partial charge in [0.15, 0.2) is 0 Å². The Kier molecular flexibility index (Phi) is 5.32. The molecular formula is C20H18FN5O3S. The number of H-pyrrole nitrogens is 1. The van der Waals surface area contributed by atoms with Crippen LogP contribution in [0.2, 0.25) is 0 Å². The van der Waals surface area contributed by atoms with Crippen molar-refractivity contribution in [1.82, 2.24) is 24.5 Å². The largest absolute Gasteiger partial charge is 0.508 e. The Labute approximate surface area is 174 Å². The molecule has 0 radical (unpaired) electrons. The van der Waals surface area contributed by atoms with Gasteiger partial charge in [0, 0.05) is 13.1 Å². The molecule has 0 bridgehead atoms. The fourth-order valence-electron chi connectivity index (χ4n) is 3.33. The van der Waals surface area contributed by atoms with Crippen molar-refractivity contribution in [3.63, 3.8) is 0 Å². The highest BCUT2D eigenvalue weighted by atomic mass is 32.1. The Morgan fingerprint density at radius 2 is 2.00 bits per heavy atom. The number of halogens is 1. The number of aromatic amines is 1. The fraction of sp³-hybridized carbons (Fsp3) is 0.200. The van der Waals surface area contributed by atoms with E-state index in [1.54, 1.807) is 16.5 Å². The minimum absolute atomic E-state index is 0.143. The molecule has 30 heavy (non-hydrogen) atoms. The number of aryl methyl sites for hydroxylation is 1. The molecular weight excluding hydrogens is 409 g/mol. The summed E-state index contributed by atoms with van der Waals surface area (Å²) in [6, 6.07) is 10.4. The summed E-state index contributed by atoms with van der Waals surface area (Å²) in [4.78, 5) is 25.0. The number of aromatic hydroxyl groups is 1. The molecule has 0 aliphatic heterocycles. The molecule has 154 valence electrons. The Hall–Kier alpha value is -3.53. The summed E-state index contributed by atoms with van der Waals surface area (Å²) in [7, 11) is 0. The van der Waals surface area contributed by atoms with Crippen molar-refractivity contribution in [2.24, 2.45) is 0 Å². The number of hydrogen-bond acceptors (Lipinski definition) is 5. The summed E-state index contributed by atoms with van der Waals surface area (Å²) in [6.07, 6.45) is 0.658. The number of carbonyl (C=O) groups is 1. The highest BCUT2D eigenvalue weighted by molar-refractivity contribution is 7.71. The second-order valence-electron chi connectivity index (χ2n) is 6.83. The van der Waals surface area contributed by atoms with Crippen molar-refractivity contribution in [2.75, 3.05) is 6.54 Å². The monoisotopic (exact) mass is 427 g/mol. The van der Waals surface area contributed by atoms with E-state index in [1.807, 2.05) is 0 Å². The molecule has 0 atom stereocenters. The number of nitrogens with one attached hydrogen (secondary N) is 2. The third-order valence-corrected chi connectivity index (χ3v) is 5.03. The first-order chi connectivity index (χ1) is 14.4. The van der Waals surface area contributed by atoms with Gasteiger partial charge < -0.3 is 10.4 Å². The topological polar surface area (TPSA) is 104 Å². The van der Waals surface area contributed by atoms with Crippen LogP contribution in [0.1, 0.15) is 12.0 Å². The molecule has 0 spiro atoms. The minimum atomic E-state index is -0.512. The van der Waals surface area contributed by atoms with Gasteiger partial charge >= 0.3 is 0 Å². The standard InChI is InChI=1S/C20H18FN5O3S/c21-13-4-7-16-15(11-13)18(29)25(19-23-24-20(30)26(16)19)9-1-8-22-17(28)10-12-2-5-14(27)6-3-12/h2-7,11,27H,1,8-10H2,(H,22,28)(H,24,30). The predicted molar refractivity (Wildman–Crippen MR) is 112 cm³/mol. The highest BCUT2D eigenvalue weighted by Gasteiger charge is 2.14. The lowest BCUT2D eigenvalue weighted by Gasteiger charge is -2.11. The molecule has 4 rings (SSSR count). The molecule has 0 aliphatic carbocycles. The summed E-state index contributed by atoms with van der Waals surface area (Å²) < 4.78 is 17.0. The van der Waals surface area contributed by atoms with Crippen molar-refractivity contribution >= 4 is 34.8 Å². The van der Waals surface area contributed by atoms with Crippen LogP contribution in [0.3, 0.4) is 0 Å². The second kappa shape index (κ2) is 8.07. The summed E-state index contributed by atoms with van der Waals surface area (Å²) in [5.41, 5.74) is 0.890. The van der Waals surface area contributed by atoms with Crippen LogP contribution in [0.15, 0.2) is 47.3 Å².